The van der Waals surface area contributed by atoms with E-state index in [9.17, 15) is 9.59 Å². The second-order valence-corrected chi connectivity index (χ2v) is 7.49. The Bertz CT molecular complexity index is 1260. The van der Waals surface area contributed by atoms with Crippen LogP contribution in [0.2, 0.25) is 0 Å². The van der Waals surface area contributed by atoms with Crippen molar-refractivity contribution in [3.63, 3.8) is 0 Å². The number of hydrogen-bond acceptors (Lipinski definition) is 4. The van der Waals surface area contributed by atoms with E-state index in [1.165, 1.54) is 4.90 Å². The van der Waals surface area contributed by atoms with Crippen molar-refractivity contribution in [3.8, 4) is 0 Å². The van der Waals surface area contributed by atoms with Gasteiger partial charge in [-0.05, 0) is 36.4 Å². The summed E-state index contributed by atoms with van der Waals surface area (Å²) in [6, 6.07) is 36.3. The predicted octanol–water partition coefficient (Wildman–Crippen LogP) is 6.38. The van der Waals surface area contributed by atoms with Crippen molar-refractivity contribution in [3.05, 3.63) is 127 Å². The highest BCUT2D eigenvalue weighted by atomic mass is 16.7. The van der Waals surface area contributed by atoms with Crippen molar-refractivity contribution in [2.45, 2.75) is 0 Å². The van der Waals surface area contributed by atoms with Gasteiger partial charge in [-0.1, -0.05) is 90.1 Å². The van der Waals surface area contributed by atoms with Gasteiger partial charge in [0.15, 0.2) is 0 Å². The van der Waals surface area contributed by atoms with E-state index >= 15 is 0 Å². The lowest BCUT2D eigenvalue weighted by molar-refractivity contribution is 0.166. The largest absolute Gasteiger partial charge is 0.437 e. The molecule has 0 atom stereocenters. The molecule has 4 rings (SSSR count). The van der Waals surface area contributed by atoms with Crippen LogP contribution in [0.3, 0.4) is 0 Å². The number of carbonyl (C=O) groups is 2. The third kappa shape index (κ3) is 6.79. The molecule has 0 spiro atoms. The monoisotopic (exact) mass is 464 g/mol. The van der Waals surface area contributed by atoms with Crippen LogP contribution in [-0.4, -0.2) is 24.4 Å². The van der Waals surface area contributed by atoms with E-state index in [1.807, 2.05) is 97.1 Å². The van der Waals surface area contributed by atoms with Crippen LogP contribution in [0, 0.1) is 0 Å². The molecule has 3 amide bonds. The number of amides is 3. The zero-order valence-electron chi connectivity index (χ0n) is 18.9. The lowest BCUT2D eigenvalue weighted by Crippen LogP contribution is -2.39. The highest BCUT2D eigenvalue weighted by Gasteiger charge is 2.20. The molecule has 4 aromatic rings. The number of oxime groups is 1. The molecule has 174 valence electrons. The molecule has 0 aliphatic carbocycles. The van der Waals surface area contributed by atoms with Crippen molar-refractivity contribution >= 4 is 34.9 Å². The molecule has 0 unspecified atom stereocenters. The van der Waals surface area contributed by atoms with Crippen LogP contribution in [0.1, 0.15) is 5.56 Å². The van der Waals surface area contributed by atoms with Gasteiger partial charge in [-0.25, -0.2) is 9.59 Å². The van der Waals surface area contributed by atoms with Crippen LogP contribution in [0.4, 0.5) is 26.7 Å². The first-order chi connectivity index (χ1) is 17.2. The van der Waals surface area contributed by atoms with Gasteiger partial charge >= 0.3 is 12.1 Å². The summed E-state index contributed by atoms with van der Waals surface area (Å²) >= 11 is 0. The summed E-state index contributed by atoms with van der Waals surface area (Å²) in [4.78, 5) is 32.4. The summed E-state index contributed by atoms with van der Waals surface area (Å²) in [5.41, 5.74) is 3.03. The molecule has 35 heavy (non-hydrogen) atoms. The first-order valence-electron chi connectivity index (χ1n) is 11.0. The third-order valence-corrected chi connectivity index (χ3v) is 5.01. The van der Waals surface area contributed by atoms with Gasteiger partial charge in [0.1, 0.15) is 5.71 Å². The van der Waals surface area contributed by atoms with Crippen LogP contribution in [0.5, 0.6) is 0 Å². The van der Waals surface area contributed by atoms with E-state index < -0.39 is 6.09 Å². The Hall–Kier alpha value is -4.91. The number of nitrogens with zero attached hydrogens (tertiary/aromatic N) is 2. The Morgan fingerprint density at radius 3 is 1.71 bits per heavy atom. The fourth-order valence-electron chi connectivity index (χ4n) is 3.31. The first-order valence-corrected chi connectivity index (χ1v) is 11.0. The zero-order valence-corrected chi connectivity index (χ0v) is 18.9. The lowest BCUT2D eigenvalue weighted by atomic mass is 10.1. The van der Waals surface area contributed by atoms with Crippen LogP contribution in [0.25, 0.3) is 0 Å². The Morgan fingerprint density at radius 2 is 1.14 bits per heavy atom. The molecule has 7 nitrogen and oxygen atoms in total. The van der Waals surface area contributed by atoms with E-state index in [-0.39, 0.29) is 12.6 Å². The van der Waals surface area contributed by atoms with Gasteiger partial charge in [-0.2, -0.15) is 0 Å². The van der Waals surface area contributed by atoms with E-state index in [4.69, 9.17) is 4.84 Å². The molecule has 0 aliphatic heterocycles. The smallest absolute Gasteiger partial charge is 0.308 e. The number of rotatable bonds is 7. The van der Waals surface area contributed by atoms with Crippen LogP contribution in [-0.2, 0) is 4.84 Å². The number of carbonyl (C=O) groups excluding carboxylic acids is 2. The lowest BCUT2D eigenvalue weighted by Gasteiger charge is -2.24. The molecular weight excluding hydrogens is 440 g/mol. The number of urea groups is 1. The molecular formula is C28H24N4O3. The molecule has 0 aromatic heterocycles. The minimum absolute atomic E-state index is 0.0608. The summed E-state index contributed by atoms with van der Waals surface area (Å²) < 4.78 is 0. The quantitative estimate of drug-likeness (QED) is 0.189. The average molecular weight is 465 g/mol. The van der Waals surface area contributed by atoms with E-state index in [0.29, 0.717) is 28.3 Å². The number of hydrogen-bond donors (Lipinski definition) is 2. The van der Waals surface area contributed by atoms with Gasteiger partial charge in [0.2, 0.25) is 0 Å². The minimum atomic E-state index is -0.732. The fraction of sp³-hybridized carbons (Fsp3) is 0.0357. The summed E-state index contributed by atoms with van der Waals surface area (Å²) in [5, 5.41) is 9.66. The highest BCUT2D eigenvalue weighted by molar-refractivity contribution is 6.10. The van der Waals surface area contributed by atoms with E-state index in [0.717, 1.165) is 0 Å². The van der Waals surface area contributed by atoms with Gasteiger partial charge in [-0.3, -0.25) is 15.1 Å². The molecule has 0 saturated carbocycles. The van der Waals surface area contributed by atoms with Crippen molar-refractivity contribution < 1.29 is 14.4 Å². The molecule has 0 saturated heterocycles. The molecule has 0 radical (unpaired) electrons. The third-order valence-electron chi connectivity index (χ3n) is 5.01. The van der Waals surface area contributed by atoms with Gasteiger partial charge < -0.3 is 5.32 Å². The number of nitrogens with one attached hydrogen (secondary N) is 2. The molecule has 7 heteroatoms. The number of para-hydroxylation sites is 3. The summed E-state index contributed by atoms with van der Waals surface area (Å²) in [7, 11) is 0. The van der Waals surface area contributed by atoms with Crippen LogP contribution in [0.15, 0.2) is 126 Å². The van der Waals surface area contributed by atoms with Crippen molar-refractivity contribution in [1.29, 1.82) is 0 Å². The number of anilines is 3. The predicted molar refractivity (Wildman–Crippen MR) is 139 cm³/mol. The topological polar surface area (TPSA) is 83.0 Å². The van der Waals surface area contributed by atoms with Gasteiger partial charge in [-0.15, -0.1) is 0 Å². The van der Waals surface area contributed by atoms with Gasteiger partial charge in [0.25, 0.3) is 0 Å². The number of benzene rings is 4. The summed E-state index contributed by atoms with van der Waals surface area (Å²) in [6.07, 6.45) is -0.732. The Kier molecular flexibility index (Phi) is 7.85. The van der Waals surface area contributed by atoms with Crippen molar-refractivity contribution in [1.82, 2.24) is 0 Å². The van der Waals surface area contributed by atoms with Gasteiger partial charge in [0, 0.05) is 22.6 Å². The standard InChI is InChI=1S/C28H24N4O3/c33-27(29-23-15-7-2-8-16-23)32(25-19-11-4-12-20-25)21-26(22-13-5-1-6-14-22)31-35-28(34)30-24-17-9-3-10-18-24/h1-20H,21H2,(H,29,33)(H,30,34)/b31-26-. The molecule has 0 bridgehead atoms. The zero-order chi connectivity index (χ0) is 24.3. The van der Waals surface area contributed by atoms with E-state index in [2.05, 4.69) is 15.8 Å². The SMILES string of the molecule is O=C(Nc1ccccc1)O/N=C(/CN(C(=O)Nc1ccccc1)c1ccccc1)c1ccccc1. The highest BCUT2D eigenvalue weighted by Crippen LogP contribution is 2.18. The molecule has 0 aliphatic rings. The van der Waals surface area contributed by atoms with Crippen LogP contribution < -0.4 is 15.5 Å². The van der Waals surface area contributed by atoms with Gasteiger partial charge in [0.05, 0.1) is 6.54 Å². The van der Waals surface area contributed by atoms with E-state index in [1.54, 1.807) is 24.3 Å². The normalized spacial score (nSPS) is 10.8. The Morgan fingerprint density at radius 1 is 0.657 bits per heavy atom. The van der Waals surface area contributed by atoms with Crippen molar-refractivity contribution in [2.24, 2.45) is 5.16 Å². The molecule has 4 aromatic carbocycles. The molecule has 2 N–H and O–H groups in total. The molecule has 0 heterocycles. The van der Waals surface area contributed by atoms with Crippen molar-refractivity contribution in [2.75, 3.05) is 22.1 Å². The first kappa shape index (κ1) is 23.3. The summed E-state index contributed by atoms with van der Waals surface area (Å²) in [5.74, 6) is 0. The maximum Gasteiger partial charge on any atom is 0.437 e. The average Bonchev–Trinajstić information content (AvgIpc) is 2.91. The Balaban J connectivity index is 1.59. The Labute approximate surface area is 203 Å². The maximum atomic E-state index is 13.3. The second kappa shape index (κ2) is 11.8. The van der Waals surface area contributed by atoms with Crippen LogP contribution >= 0.6 is 0 Å². The molecule has 0 fully saturated rings. The summed E-state index contributed by atoms with van der Waals surface area (Å²) in [6.45, 7) is 0.0608. The maximum absolute atomic E-state index is 13.3. The minimum Gasteiger partial charge on any atom is -0.308 e. The fourth-order valence-corrected chi connectivity index (χ4v) is 3.31. The second-order valence-electron chi connectivity index (χ2n) is 7.49.